The first kappa shape index (κ1) is 20.4. The molecule has 0 aromatic heterocycles. The predicted octanol–water partition coefficient (Wildman–Crippen LogP) is 3.34. The first-order chi connectivity index (χ1) is 13.9. The molecule has 1 aliphatic rings. The fourth-order valence-corrected chi connectivity index (χ4v) is 3.49. The van der Waals surface area contributed by atoms with Crippen molar-refractivity contribution in [2.24, 2.45) is 0 Å². The van der Waals surface area contributed by atoms with E-state index in [1.54, 1.807) is 49.6 Å². The lowest BCUT2D eigenvalue weighted by Gasteiger charge is -2.33. The number of amides is 2. The van der Waals surface area contributed by atoms with E-state index in [9.17, 15) is 19.5 Å². The molecule has 2 aromatic rings. The number of nitrogens with zero attached hydrogens (tertiary/aromatic N) is 1. The van der Waals surface area contributed by atoms with E-state index >= 15 is 0 Å². The predicted molar refractivity (Wildman–Crippen MR) is 108 cm³/mol. The quantitative estimate of drug-likeness (QED) is 0.808. The number of rotatable bonds is 5. The van der Waals surface area contributed by atoms with E-state index in [-0.39, 0.29) is 11.8 Å². The third-order valence-electron chi connectivity index (χ3n) is 5.09. The monoisotopic (exact) mass is 396 g/mol. The van der Waals surface area contributed by atoms with Gasteiger partial charge in [0.05, 0.1) is 7.11 Å². The summed E-state index contributed by atoms with van der Waals surface area (Å²) in [5, 5.41) is 12.2. The minimum Gasteiger partial charge on any atom is -0.496 e. The largest absolute Gasteiger partial charge is 0.496 e. The standard InChI is InChI=1S/C22H24N2O5/c1-14-9-10-15(13-19(14)29-2)20(25)23-17-7-5-6-16(12-17)21(26)24-11-4-3-8-18(24)22(27)28/h5-7,9-10,12-13,18H,3-4,8,11H2,1-2H3,(H,23,25)(H,27,28). The Morgan fingerprint density at radius 1 is 1.10 bits per heavy atom. The maximum atomic E-state index is 12.9. The molecule has 2 aromatic carbocycles. The van der Waals surface area contributed by atoms with Crippen LogP contribution in [0.15, 0.2) is 42.5 Å². The third kappa shape index (κ3) is 4.56. The molecule has 1 atom stereocenters. The number of ether oxygens (including phenoxy) is 1. The van der Waals surface area contributed by atoms with Gasteiger partial charge < -0.3 is 20.1 Å². The highest BCUT2D eigenvalue weighted by Gasteiger charge is 2.32. The lowest BCUT2D eigenvalue weighted by Crippen LogP contribution is -2.48. The average Bonchev–Trinajstić information content (AvgIpc) is 2.73. The van der Waals surface area contributed by atoms with E-state index in [1.807, 2.05) is 6.92 Å². The molecule has 1 unspecified atom stereocenters. The van der Waals surface area contributed by atoms with Crippen molar-refractivity contribution >= 4 is 23.5 Å². The molecule has 0 spiro atoms. The van der Waals surface area contributed by atoms with Gasteiger partial charge in [0.25, 0.3) is 11.8 Å². The van der Waals surface area contributed by atoms with Crippen molar-refractivity contribution < 1.29 is 24.2 Å². The van der Waals surface area contributed by atoms with Gasteiger partial charge in [0.2, 0.25) is 0 Å². The highest BCUT2D eigenvalue weighted by molar-refractivity contribution is 6.05. The van der Waals surface area contributed by atoms with E-state index in [4.69, 9.17) is 4.74 Å². The molecule has 7 heteroatoms. The SMILES string of the molecule is COc1cc(C(=O)Nc2cccc(C(=O)N3CCCCC3C(=O)O)c2)ccc1C. The van der Waals surface area contributed by atoms with E-state index in [2.05, 4.69) is 5.32 Å². The van der Waals surface area contributed by atoms with Gasteiger partial charge in [0.15, 0.2) is 0 Å². The average molecular weight is 396 g/mol. The number of piperidine rings is 1. The van der Waals surface area contributed by atoms with Gasteiger partial charge >= 0.3 is 5.97 Å². The number of carbonyl (C=O) groups is 3. The number of carboxylic acids is 1. The van der Waals surface area contributed by atoms with Crippen molar-refractivity contribution in [3.05, 3.63) is 59.2 Å². The normalized spacial score (nSPS) is 16.2. The smallest absolute Gasteiger partial charge is 0.326 e. The van der Waals surface area contributed by atoms with Crippen LogP contribution in [0.2, 0.25) is 0 Å². The number of anilines is 1. The van der Waals surface area contributed by atoms with Gasteiger partial charge in [0.1, 0.15) is 11.8 Å². The molecule has 1 fully saturated rings. The van der Waals surface area contributed by atoms with E-state index < -0.39 is 12.0 Å². The van der Waals surface area contributed by atoms with Crippen LogP contribution in [-0.4, -0.2) is 47.5 Å². The van der Waals surface area contributed by atoms with Crippen LogP contribution in [0.25, 0.3) is 0 Å². The molecule has 0 aliphatic carbocycles. The van der Waals surface area contributed by atoms with Crippen molar-refractivity contribution in [3.8, 4) is 5.75 Å². The van der Waals surface area contributed by atoms with Crippen LogP contribution in [0.3, 0.4) is 0 Å². The molecule has 3 rings (SSSR count). The van der Waals surface area contributed by atoms with Crippen LogP contribution in [0.4, 0.5) is 5.69 Å². The summed E-state index contributed by atoms with van der Waals surface area (Å²) in [5.74, 6) is -1.04. The fraction of sp³-hybridized carbons (Fsp3) is 0.318. The second-order valence-corrected chi connectivity index (χ2v) is 7.07. The van der Waals surface area contributed by atoms with Gasteiger partial charge in [-0.1, -0.05) is 12.1 Å². The maximum Gasteiger partial charge on any atom is 0.326 e. The Morgan fingerprint density at radius 2 is 1.90 bits per heavy atom. The van der Waals surface area contributed by atoms with E-state index in [1.165, 1.54) is 4.90 Å². The van der Waals surface area contributed by atoms with Crippen molar-refractivity contribution in [1.82, 2.24) is 4.90 Å². The summed E-state index contributed by atoms with van der Waals surface area (Å²) in [6, 6.07) is 10.9. The minimum absolute atomic E-state index is 0.325. The second-order valence-electron chi connectivity index (χ2n) is 7.07. The van der Waals surface area contributed by atoms with Crippen molar-refractivity contribution in [2.45, 2.75) is 32.2 Å². The van der Waals surface area contributed by atoms with Crippen molar-refractivity contribution in [3.63, 3.8) is 0 Å². The number of aliphatic carboxylic acids is 1. The number of aryl methyl sites for hydroxylation is 1. The van der Waals surface area contributed by atoms with Crippen LogP contribution in [-0.2, 0) is 4.79 Å². The number of benzene rings is 2. The lowest BCUT2D eigenvalue weighted by molar-refractivity contribution is -0.143. The Kier molecular flexibility index (Phi) is 6.16. The highest BCUT2D eigenvalue weighted by Crippen LogP contribution is 2.23. The van der Waals surface area contributed by atoms with Gasteiger partial charge in [-0.3, -0.25) is 9.59 Å². The van der Waals surface area contributed by atoms with E-state index in [0.29, 0.717) is 35.5 Å². The number of hydrogen-bond acceptors (Lipinski definition) is 4. The summed E-state index contributed by atoms with van der Waals surface area (Å²) in [4.78, 5) is 38.3. The molecule has 2 amide bonds. The molecule has 0 radical (unpaired) electrons. The zero-order chi connectivity index (χ0) is 21.0. The highest BCUT2D eigenvalue weighted by atomic mass is 16.5. The minimum atomic E-state index is -0.990. The summed E-state index contributed by atoms with van der Waals surface area (Å²) >= 11 is 0. The molecule has 2 N–H and O–H groups in total. The number of hydrogen-bond donors (Lipinski definition) is 2. The zero-order valence-corrected chi connectivity index (χ0v) is 16.5. The molecule has 0 saturated carbocycles. The number of carboxylic acid groups (broad SMARTS) is 1. The topological polar surface area (TPSA) is 95.9 Å². The molecule has 152 valence electrons. The van der Waals surface area contributed by atoms with Crippen LogP contribution in [0.1, 0.15) is 45.5 Å². The lowest BCUT2D eigenvalue weighted by atomic mass is 10.0. The zero-order valence-electron chi connectivity index (χ0n) is 16.5. The van der Waals surface area contributed by atoms with Gasteiger partial charge in [-0.25, -0.2) is 4.79 Å². The third-order valence-corrected chi connectivity index (χ3v) is 5.09. The van der Waals surface area contributed by atoms with Crippen LogP contribution < -0.4 is 10.1 Å². The molecule has 7 nitrogen and oxygen atoms in total. The summed E-state index contributed by atoms with van der Waals surface area (Å²) in [6.45, 7) is 2.30. The van der Waals surface area contributed by atoms with Crippen molar-refractivity contribution in [2.75, 3.05) is 19.0 Å². The number of methoxy groups -OCH3 is 1. The molecule has 1 saturated heterocycles. The Hall–Kier alpha value is -3.35. The summed E-state index contributed by atoms with van der Waals surface area (Å²) in [7, 11) is 1.55. The Bertz CT molecular complexity index is 941. The Morgan fingerprint density at radius 3 is 2.62 bits per heavy atom. The van der Waals surface area contributed by atoms with Crippen molar-refractivity contribution in [1.29, 1.82) is 0 Å². The van der Waals surface area contributed by atoms with Gasteiger partial charge in [-0.2, -0.15) is 0 Å². The summed E-state index contributed by atoms with van der Waals surface area (Å²) < 4.78 is 5.25. The Balaban J connectivity index is 1.78. The number of nitrogens with one attached hydrogen (secondary N) is 1. The summed E-state index contributed by atoms with van der Waals surface area (Å²) in [6.07, 6.45) is 2.02. The first-order valence-electron chi connectivity index (χ1n) is 9.50. The molecule has 1 aliphatic heterocycles. The maximum absolute atomic E-state index is 12.9. The Labute approximate surface area is 169 Å². The first-order valence-corrected chi connectivity index (χ1v) is 9.50. The summed E-state index contributed by atoms with van der Waals surface area (Å²) in [5.41, 5.74) is 2.17. The molecule has 0 bridgehead atoms. The molecule has 1 heterocycles. The van der Waals surface area contributed by atoms with Crippen LogP contribution >= 0.6 is 0 Å². The van der Waals surface area contributed by atoms with Crippen LogP contribution in [0.5, 0.6) is 5.75 Å². The molecule has 29 heavy (non-hydrogen) atoms. The molecular weight excluding hydrogens is 372 g/mol. The molecular formula is C22H24N2O5. The number of carbonyl (C=O) groups excluding carboxylic acids is 2. The fourth-order valence-electron chi connectivity index (χ4n) is 3.49. The van der Waals surface area contributed by atoms with Crippen LogP contribution in [0, 0.1) is 6.92 Å². The second kappa shape index (κ2) is 8.77. The number of likely N-dealkylation sites (tertiary alicyclic amines) is 1. The van der Waals surface area contributed by atoms with E-state index in [0.717, 1.165) is 18.4 Å². The van der Waals surface area contributed by atoms with Gasteiger partial charge in [0, 0.05) is 23.4 Å². The van der Waals surface area contributed by atoms with Gasteiger partial charge in [-0.05, 0) is 62.1 Å². The van der Waals surface area contributed by atoms with Gasteiger partial charge in [-0.15, -0.1) is 0 Å².